The highest BCUT2D eigenvalue weighted by atomic mass is 16.5. The van der Waals surface area contributed by atoms with Crippen molar-refractivity contribution in [2.75, 3.05) is 7.11 Å². The minimum absolute atomic E-state index is 0.0787. The number of aliphatic carboxylic acids is 1. The van der Waals surface area contributed by atoms with Crippen molar-refractivity contribution in [3.8, 4) is 5.75 Å². The van der Waals surface area contributed by atoms with Crippen molar-refractivity contribution in [3.63, 3.8) is 0 Å². The van der Waals surface area contributed by atoms with E-state index in [9.17, 15) is 4.79 Å². The van der Waals surface area contributed by atoms with E-state index in [1.807, 2.05) is 24.3 Å². The molecule has 0 aliphatic carbocycles. The summed E-state index contributed by atoms with van der Waals surface area (Å²) >= 11 is 0. The third kappa shape index (κ3) is 2.64. The molecule has 1 fully saturated rings. The summed E-state index contributed by atoms with van der Waals surface area (Å²) in [7, 11) is 1.64. The molecule has 4 nitrogen and oxygen atoms in total. The highest BCUT2D eigenvalue weighted by Crippen LogP contribution is 2.32. The van der Waals surface area contributed by atoms with Crippen LogP contribution >= 0.6 is 0 Å². The van der Waals surface area contributed by atoms with Crippen LogP contribution in [-0.4, -0.2) is 24.2 Å². The lowest BCUT2D eigenvalue weighted by Crippen LogP contribution is -2.45. The first-order chi connectivity index (χ1) is 8.61. The van der Waals surface area contributed by atoms with Gasteiger partial charge in [-0.05, 0) is 36.5 Å². The summed E-state index contributed by atoms with van der Waals surface area (Å²) < 4.78 is 5.21. The summed E-state index contributed by atoms with van der Waals surface area (Å²) in [6, 6.07) is 7.45. The Labute approximate surface area is 107 Å². The molecule has 0 bridgehead atoms. The fourth-order valence-electron chi connectivity index (χ4n) is 2.52. The molecule has 4 heteroatoms. The molecule has 0 spiro atoms. The average molecular weight is 249 g/mol. The molecule has 1 heterocycles. The van der Waals surface area contributed by atoms with Gasteiger partial charge >= 0.3 is 5.97 Å². The summed E-state index contributed by atoms with van der Waals surface area (Å²) in [4.78, 5) is 11.1. The molecule has 2 rings (SSSR count). The maximum Gasteiger partial charge on any atom is 0.320 e. The van der Waals surface area contributed by atoms with E-state index in [0.717, 1.165) is 17.7 Å². The number of hydrogen-bond acceptors (Lipinski definition) is 3. The average Bonchev–Trinajstić information content (AvgIpc) is 2.39. The fraction of sp³-hybridized carbons (Fsp3) is 0.500. The Morgan fingerprint density at radius 1 is 1.44 bits per heavy atom. The Balaban J connectivity index is 2.21. The zero-order chi connectivity index (χ0) is 13.1. The molecule has 3 atom stereocenters. The van der Waals surface area contributed by atoms with E-state index in [4.69, 9.17) is 9.84 Å². The molecular weight excluding hydrogens is 230 g/mol. The van der Waals surface area contributed by atoms with Crippen molar-refractivity contribution in [1.29, 1.82) is 0 Å². The molecule has 98 valence electrons. The minimum Gasteiger partial charge on any atom is -0.497 e. The van der Waals surface area contributed by atoms with Crippen molar-refractivity contribution in [3.05, 3.63) is 29.8 Å². The number of nitrogens with one attached hydrogen (secondary N) is 1. The summed E-state index contributed by atoms with van der Waals surface area (Å²) in [6.07, 6.45) is 1.61. The highest BCUT2D eigenvalue weighted by molar-refractivity contribution is 5.73. The van der Waals surface area contributed by atoms with Gasteiger partial charge in [-0.1, -0.05) is 19.1 Å². The SMILES string of the molecule is COc1cccc([C@H]2NC(C(=O)O)CC[C@@H]2C)c1. The van der Waals surface area contributed by atoms with E-state index in [0.29, 0.717) is 12.3 Å². The smallest absolute Gasteiger partial charge is 0.320 e. The van der Waals surface area contributed by atoms with Crippen molar-refractivity contribution < 1.29 is 14.6 Å². The van der Waals surface area contributed by atoms with Gasteiger partial charge < -0.3 is 9.84 Å². The molecule has 1 saturated heterocycles. The van der Waals surface area contributed by atoms with E-state index in [1.165, 1.54) is 0 Å². The van der Waals surface area contributed by atoms with Gasteiger partial charge in [-0.25, -0.2) is 0 Å². The van der Waals surface area contributed by atoms with Crippen LogP contribution in [0.2, 0.25) is 0 Å². The summed E-state index contributed by atoms with van der Waals surface area (Å²) in [5.41, 5.74) is 1.09. The van der Waals surface area contributed by atoms with Gasteiger partial charge in [0.25, 0.3) is 0 Å². The number of carboxylic acids is 1. The number of benzene rings is 1. The van der Waals surface area contributed by atoms with Crippen molar-refractivity contribution in [1.82, 2.24) is 5.32 Å². The molecule has 1 aromatic rings. The monoisotopic (exact) mass is 249 g/mol. The number of carbonyl (C=O) groups is 1. The fourth-order valence-corrected chi connectivity index (χ4v) is 2.52. The van der Waals surface area contributed by atoms with Crippen LogP contribution in [0.3, 0.4) is 0 Å². The van der Waals surface area contributed by atoms with Crippen molar-refractivity contribution in [2.24, 2.45) is 5.92 Å². The molecule has 18 heavy (non-hydrogen) atoms. The standard InChI is InChI=1S/C14H19NO3/c1-9-6-7-12(14(16)17)15-13(9)10-4-3-5-11(8-10)18-2/h3-5,8-9,12-13,15H,6-7H2,1-2H3,(H,16,17)/t9-,12?,13-/m0/s1. The van der Waals surface area contributed by atoms with Gasteiger partial charge in [0.05, 0.1) is 7.11 Å². The van der Waals surface area contributed by atoms with Crippen LogP contribution in [-0.2, 0) is 4.79 Å². The Bertz CT molecular complexity index is 433. The molecule has 1 aromatic carbocycles. The first-order valence-electron chi connectivity index (χ1n) is 6.24. The predicted octanol–water partition coefficient (Wildman–Crippen LogP) is 2.21. The van der Waals surface area contributed by atoms with E-state index in [2.05, 4.69) is 12.2 Å². The lowest BCUT2D eigenvalue weighted by atomic mass is 9.85. The zero-order valence-electron chi connectivity index (χ0n) is 10.7. The number of methoxy groups -OCH3 is 1. The Kier molecular flexibility index (Phi) is 3.87. The second-order valence-electron chi connectivity index (χ2n) is 4.87. The predicted molar refractivity (Wildman–Crippen MR) is 68.7 cm³/mol. The number of carboxylic acid groups (broad SMARTS) is 1. The third-order valence-electron chi connectivity index (χ3n) is 3.61. The zero-order valence-corrected chi connectivity index (χ0v) is 10.7. The lowest BCUT2D eigenvalue weighted by Gasteiger charge is -2.34. The van der Waals surface area contributed by atoms with E-state index in [-0.39, 0.29) is 6.04 Å². The van der Waals surface area contributed by atoms with E-state index < -0.39 is 12.0 Å². The molecule has 1 aliphatic rings. The highest BCUT2D eigenvalue weighted by Gasteiger charge is 2.31. The van der Waals surface area contributed by atoms with Crippen molar-refractivity contribution >= 4 is 5.97 Å². The third-order valence-corrected chi connectivity index (χ3v) is 3.61. The Morgan fingerprint density at radius 3 is 2.89 bits per heavy atom. The number of piperidine rings is 1. The van der Waals surface area contributed by atoms with Gasteiger partial charge in [-0.3, -0.25) is 10.1 Å². The van der Waals surface area contributed by atoms with Gasteiger partial charge in [0.2, 0.25) is 0 Å². The summed E-state index contributed by atoms with van der Waals surface area (Å²) in [6.45, 7) is 2.15. The number of rotatable bonds is 3. The maximum absolute atomic E-state index is 11.1. The van der Waals surface area contributed by atoms with Crippen LogP contribution in [0.5, 0.6) is 5.75 Å². The second kappa shape index (κ2) is 5.40. The van der Waals surface area contributed by atoms with Gasteiger partial charge in [0, 0.05) is 6.04 Å². The molecular formula is C14H19NO3. The number of hydrogen-bond donors (Lipinski definition) is 2. The topological polar surface area (TPSA) is 58.6 Å². The second-order valence-corrected chi connectivity index (χ2v) is 4.87. The quantitative estimate of drug-likeness (QED) is 0.862. The maximum atomic E-state index is 11.1. The molecule has 1 unspecified atom stereocenters. The summed E-state index contributed by atoms with van der Waals surface area (Å²) in [5, 5.41) is 12.3. The number of ether oxygens (including phenoxy) is 1. The summed E-state index contributed by atoms with van der Waals surface area (Å²) in [5.74, 6) is 0.460. The first kappa shape index (κ1) is 12.9. The first-order valence-corrected chi connectivity index (χ1v) is 6.24. The van der Waals surface area contributed by atoms with Gasteiger partial charge in [-0.2, -0.15) is 0 Å². The molecule has 2 N–H and O–H groups in total. The lowest BCUT2D eigenvalue weighted by molar-refractivity contribution is -0.140. The molecule has 0 aromatic heterocycles. The largest absolute Gasteiger partial charge is 0.497 e. The molecule has 0 saturated carbocycles. The van der Waals surface area contributed by atoms with E-state index >= 15 is 0 Å². The molecule has 0 amide bonds. The van der Waals surface area contributed by atoms with Gasteiger partial charge in [0.1, 0.15) is 11.8 Å². The van der Waals surface area contributed by atoms with Crippen LogP contribution in [0.1, 0.15) is 31.4 Å². The van der Waals surface area contributed by atoms with Gasteiger partial charge in [-0.15, -0.1) is 0 Å². The van der Waals surface area contributed by atoms with Crippen LogP contribution in [0.25, 0.3) is 0 Å². The van der Waals surface area contributed by atoms with Crippen LogP contribution in [0.15, 0.2) is 24.3 Å². The molecule has 0 radical (unpaired) electrons. The Morgan fingerprint density at radius 2 is 2.22 bits per heavy atom. The normalized spacial score (nSPS) is 27.8. The minimum atomic E-state index is -0.769. The van der Waals surface area contributed by atoms with E-state index in [1.54, 1.807) is 7.11 Å². The van der Waals surface area contributed by atoms with Crippen molar-refractivity contribution in [2.45, 2.75) is 31.8 Å². The van der Waals surface area contributed by atoms with Gasteiger partial charge in [0.15, 0.2) is 0 Å². The Hall–Kier alpha value is -1.55. The molecule has 1 aliphatic heterocycles. The van der Waals surface area contributed by atoms with Crippen LogP contribution in [0.4, 0.5) is 0 Å². The van der Waals surface area contributed by atoms with Crippen LogP contribution in [0, 0.1) is 5.92 Å². The van der Waals surface area contributed by atoms with Crippen LogP contribution < -0.4 is 10.1 Å².